The quantitative estimate of drug-likeness (QED) is 0.614. The van der Waals surface area contributed by atoms with Crippen molar-refractivity contribution in [3.63, 3.8) is 0 Å². The molecule has 0 saturated heterocycles. The molecule has 1 atom stereocenters. The van der Waals surface area contributed by atoms with Gasteiger partial charge in [-0.15, -0.1) is 0 Å². The number of aliphatic hydroxyl groups is 1. The number of aromatic amines is 1. The van der Waals surface area contributed by atoms with E-state index in [-0.39, 0.29) is 22.5 Å². The lowest BCUT2D eigenvalue weighted by atomic mass is 9.76. The van der Waals surface area contributed by atoms with Crippen molar-refractivity contribution in [3.8, 4) is 6.07 Å². The summed E-state index contributed by atoms with van der Waals surface area (Å²) in [6.45, 7) is 4.36. The number of carboxylic acids is 1. The Balaban J connectivity index is 1.97. The second kappa shape index (κ2) is 7.89. The molecule has 2 aromatic rings. The largest absolute Gasteiger partial charge is 0.479 e. The molecule has 0 fully saturated rings. The van der Waals surface area contributed by atoms with Crippen molar-refractivity contribution in [2.24, 2.45) is 5.41 Å². The van der Waals surface area contributed by atoms with E-state index in [1.54, 1.807) is 12.1 Å². The van der Waals surface area contributed by atoms with E-state index in [0.717, 1.165) is 24.8 Å². The zero-order chi connectivity index (χ0) is 21.2. The Morgan fingerprint density at radius 2 is 2.14 bits per heavy atom. The van der Waals surface area contributed by atoms with Crippen molar-refractivity contribution in [2.45, 2.75) is 39.2 Å². The van der Waals surface area contributed by atoms with Gasteiger partial charge in [-0.3, -0.25) is 4.79 Å². The Hall–Kier alpha value is -3.44. The maximum absolute atomic E-state index is 12.5. The van der Waals surface area contributed by atoms with Crippen molar-refractivity contribution in [1.29, 1.82) is 5.26 Å². The van der Waals surface area contributed by atoms with Crippen LogP contribution < -0.4 is 5.32 Å². The molecule has 150 valence electrons. The van der Waals surface area contributed by atoms with Crippen molar-refractivity contribution >= 4 is 23.1 Å². The first-order valence-electron chi connectivity index (χ1n) is 9.21. The zero-order valence-corrected chi connectivity index (χ0v) is 16.2. The van der Waals surface area contributed by atoms with Gasteiger partial charge in [0.1, 0.15) is 11.8 Å². The Morgan fingerprint density at radius 1 is 1.38 bits per heavy atom. The van der Waals surface area contributed by atoms with Crippen LogP contribution in [0, 0.1) is 16.7 Å². The van der Waals surface area contributed by atoms with Crippen LogP contribution in [-0.2, 0) is 4.79 Å². The first-order valence-corrected chi connectivity index (χ1v) is 9.21. The highest BCUT2D eigenvalue weighted by Crippen LogP contribution is 2.40. The number of carbonyl (C=O) groups is 2. The molecule has 29 heavy (non-hydrogen) atoms. The van der Waals surface area contributed by atoms with E-state index >= 15 is 0 Å². The predicted octanol–water partition coefficient (Wildman–Crippen LogP) is 3.25. The van der Waals surface area contributed by atoms with Crippen molar-refractivity contribution < 1.29 is 19.8 Å². The number of nitrogens with one attached hydrogen (secondary N) is 2. The molecule has 1 aliphatic carbocycles. The molecule has 4 N–H and O–H groups in total. The van der Waals surface area contributed by atoms with Gasteiger partial charge in [-0.05, 0) is 47.9 Å². The first-order chi connectivity index (χ1) is 13.7. The summed E-state index contributed by atoms with van der Waals surface area (Å²) < 4.78 is 0. The molecule has 0 aliphatic heterocycles. The topological polar surface area (TPSA) is 139 Å². The standard InChI is InChI=1S/C21H22N4O4/c1-21(2)7-5-12(6-8-21)15-9-13(17(26)20(28)29)3-4-16(15)25-19(27)18-23-11-14(10-22)24-18/h3-5,9,11,17,26H,6-8H2,1-2H3,(H,23,24)(H,25,27)(H,28,29). The second-order valence-electron chi connectivity index (χ2n) is 7.85. The number of hydrogen-bond donors (Lipinski definition) is 4. The molecule has 1 aliphatic rings. The lowest BCUT2D eigenvalue weighted by molar-refractivity contribution is -0.146. The Kier molecular flexibility index (Phi) is 5.52. The minimum absolute atomic E-state index is 0.000837. The summed E-state index contributed by atoms with van der Waals surface area (Å²) in [5, 5.41) is 30.7. The van der Waals surface area contributed by atoms with E-state index in [1.807, 2.05) is 6.07 Å². The number of aliphatic hydroxyl groups excluding tert-OH is 1. The van der Waals surface area contributed by atoms with Crippen LogP contribution >= 0.6 is 0 Å². The summed E-state index contributed by atoms with van der Waals surface area (Å²) in [5.74, 6) is -1.86. The maximum atomic E-state index is 12.5. The third kappa shape index (κ3) is 4.52. The normalized spacial score (nSPS) is 16.4. The van der Waals surface area contributed by atoms with Gasteiger partial charge < -0.3 is 20.5 Å². The second-order valence-corrected chi connectivity index (χ2v) is 7.85. The molecule has 1 amide bonds. The number of anilines is 1. The molecule has 1 aromatic carbocycles. The van der Waals surface area contributed by atoms with Gasteiger partial charge in [-0.2, -0.15) is 5.26 Å². The number of imidazole rings is 1. The monoisotopic (exact) mass is 394 g/mol. The number of rotatable bonds is 5. The average molecular weight is 394 g/mol. The summed E-state index contributed by atoms with van der Waals surface area (Å²) in [4.78, 5) is 30.2. The number of hydrogen-bond acceptors (Lipinski definition) is 5. The van der Waals surface area contributed by atoms with Crippen LogP contribution in [0.25, 0.3) is 5.57 Å². The van der Waals surface area contributed by atoms with Gasteiger partial charge in [0.25, 0.3) is 5.91 Å². The molecule has 1 heterocycles. The Morgan fingerprint density at radius 3 is 2.72 bits per heavy atom. The number of H-pyrrole nitrogens is 1. The van der Waals surface area contributed by atoms with Gasteiger partial charge in [0.2, 0.25) is 0 Å². The van der Waals surface area contributed by atoms with Crippen molar-refractivity contribution in [2.75, 3.05) is 5.32 Å². The summed E-state index contributed by atoms with van der Waals surface area (Å²) >= 11 is 0. The van der Waals surface area contributed by atoms with Crippen molar-refractivity contribution in [1.82, 2.24) is 9.97 Å². The molecule has 3 rings (SSSR count). The van der Waals surface area contributed by atoms with Crippen molar-refractivity contribution in [3.05, 3.63) is 53.1 Å². The third-order valence-electron chi connectivity index (χ3n) is 5.07. The molecule has 0 radical (unpaired) electrons. The van der Waals surface area contributed by atoms with Crippen LogP contribution in [0.5, 0.6) is 0 Å². The number of benzene rings is 1. The first kappa shape index (κ1) is 20.3. The molecule has 8 heteroatoms. The lowest BCUT2D eigenvalue weighted by Crippen LogP contribution is -2.18. The minimum Gasteiger partial charge on any atom is -0.479 e. The molecular weight excluding hydrogens is 372 g/mol. The fraction of sp³-hybridized carbons (Fsp3) is 0.333. The van der Waals surface area contributed by atoms with Crippen LogP contribution in [0.15, 0.2) is 30.5 Å². The summed E-state index contributed by atoms with van der Waals surface area (Å²) in [7, 11) is 0. The molecule has 0 saturated carbocycles. The van der Waals surface area contributed by atoms with E-state index in [4.69, 9.17) is 10.4 Å². The number of aliphatic carboxylic acids is 1. The van der Waals surface area contributed by atoms with Crippen LogP contribution in [-0.4, -0.2) is 32.1 Å². The molecule has 8 nitrogen and oxygen atoms in total. The highest BCUT2D eigenvalue weighted by atomic mass is 16.4. The SMILES string of the molecule is CC1(C)CC=C(c2cc(C(O)C(=O)O)ccc2NC(=O)c2ncc(C#N)[nH]2)CC1. The van der Waals surface area contributed by atoms with Gasteiger partial charge in [0, 0.05) is 11.3 Å². The van der Waals surface area contributed by atoms with E-state index in [1.165, 1.54) is 12.3 Å². The zero-order valence-electron chi connectivity index (χ0n) is 16.2. The Bertz CT molecular complexity index is 1030. The summed E-state index contributed by atoms with van der Waals surface area (Å²) in [6, 6.07) is 6.51. The van der Waals surface area contributed by atoms with Gasteiger partial charge in [0.15, 0.2) is 11.9 Å². The van der Waals surface area contributed by atoms with Crippen LogP contribution in [0.1, 0.15) is 66.7 Å². The molecule has 1 aromatic heterocycles. The number of carbonyl (C=O) groups excluding carboxylic acids is 1. The number of nitriles is 1. The fourth-order valence-electron chi connectivity index (χ4n) is 3.25. The number of allylic oxidation sites excluding steroid dienone is 2. The van der Waals surface area contributed by atoms with Gasteiger partial charge in [-0.25, -0.2) is 9.78 Å². The minimum atomic E-state index is -1.65. The van der Waals surface area contributed by atoms with Crippen LogP contribution in [0.4, 0.5) is 5.69 Å². The maximum Gasteiger partial charge on any atom is 0.337 e. The fourth-order valence-corrected chi connectivity index (χ4v) is 3.25. The smallest absolute Gasteiger partial charge is 0.337 e. The molecular formula is C21H22N4O4. The van der Waals surface area contributed by atoms with Crippen LogP contribution in [0.2, 0.25) is 0 Å². The van der Waals surface area contributed by atoms with E-state index < -0.39 is 18.0 Å². The Labute approximate surface area is 167 Å². The number of nitrogens with zero attached hydrogens (tertiary/aromatic N) is 2. The number of carboxylic acid groups (broad SMARTS) is 1. The van der Waals surface area contributed by atoms with Gasteiger partial charge in [-0.1, -0.05) is 26.0 Å². The lowest BCUT2D eigenvalue weighted by Gasteiger charge is -2.29. The molecule has 0 bridgehead atoms. The predicted molar refractivity (Wildman–Crippen MR) is 106 cm³/mol. The molecule has 0 spiro atoms. The van der Waals surface area contributed by atoms with Crippen LogP contribution in [0.3, 0.4) is 0 Å². The van der Waals surface area contributed by atoms with E-state index in [0.29, 0.717) is 11.3 Å². The highest BCUT2D eigenvalue weighted by Gasteiger charge is 2.25. The molecule has 1 unspecified atom stereocenters. The van der Waals surface area contributed by atoms with Gasteiger partial charge >= 0.3 is 5.97 Å². The van der Waals surface area contributed by atoms with E-state index in [2.05, 4.69) is 35.2 Å². The highest BCUT2D eigenvalue weighted by molar-refractivity contribution is 6.03. The average Bonchev–Trinajstić information content (AvgIpc) is 3.17. The number of amides is 1. The summed E-state index contributed by atoms with van der Waals surface area (Å²) in [6.07, 6.45) is 4.27. The number of aromatic nitrogens is 2. The third-order valence-corrected chi connectivity index (χ3v) is 5.07. The summed E-state index contributed by atoms with van der Waals surface area (Å²) in [5.41, 5.74) is 2.72. The van der Waals surface area contributed by atoms with Gasteiger partial charge in [0.05, 0.1) is 6.20 Å². The van der Waals surface area contributed by atoms with E-state index in [9.17, 15) is 14.7 Å².